The van der Waals surface area contributed by atoms with Gasteiger partial charge in [-0.2, -0.15) is 13.2 Å². The number of carbonyl (C=O) groups excluding carboxylic acids is 1. The lowest BCUT2D eigenvalue weighted by molar-refractivity contribution is -0.137. The number of pyridine rings is 1. The smallest absolute Gasteiger partial charge is 0.357 e. The number of halogens is 3. The molecule has 0 N–H and O–H groups in total. The Morgan fingerprint density at radius 3 is 2.39 bits per heavy atom. The summed E-state index contributed by atoms with van der Waals surface area (Å²) in [6.45, 7) is 5.75. The average Bonchev–Trinajstić information content (AvgIpc) is 2.69. The van der Waals surface area contributed by atoms with Gasteiger partial charge in [0.15, 0.2) is 0 Å². The molecule has 28 heavy (non-hydrogen) atoms. The highest BCUT2D eigenvalue weighted by Gasteiger charge is 2.32. The van der Waals surface area contributed by atoms with Crippen molar-refractivity contribution in [3.63, 3.8) is 0 Å². The van der Waals surface area contributed by atoms with Crippen molar-refractivity contribution in [2.45, 2.75) is 32.9 Å². The van der Waals surface area contributed by atoms with Crippen LogP contribution in [0.3, 0.4) is 0 Å². The van der Waals surface area contributed by atoms with E-state index in [0.717, 1.165) is 23.5 Å². The maximum Gasteiger partial charge on any atom is 0.417 e. The van der Waals surface area contributed by atoms with Crippen molar-refractivity contribution in [3.8, 4) is 0 Å². The van der Waals surface area contributed by atoms with Gasteiger partial charge in [0.2, 0.25) is 5.91 Å². The Bertz CT molecular complexity index is 812. The third-order valence-electron chi connectivity index (χ3n) is 5.23. The summed E-state index contributed by atoms with van der Waals surface area (Å²) in [5.41, 5.74) is 1.24. The van der Waals surface area contributed by atoms with E-state index in [0.29, 0.717) is 38.3 Å². The van der Waals surface area contributed by atoms with Crippen LogP contribution in [0.1, 0.15) is 30.9 Å². The summed E-state index contributed by atoms with van der Waals surface area (Å²) < 4.78 is 38.1. The van der Waals surface area contributed by atoms with E-state index >= 15 is 0 Å². The molecule has 0 aliphatic carbocycles. The molecule has 1 aliphatic heterocycles. The number of hydrogen-bond donors (Lipinski definition) is 0. The lowest BCUT2D eigenvalue weighted by Crippen LogP contribution is -2.43. The summed E-state index contributed by atoms with van der Waals surface area (Å²) in [5.74, 6) is 0.534. The molecule has 0 spiro atoms. The second-order valence-electron chi connectivity index (χ2n) is 7.03. The fraction of sp³-hybridized carbons (Fsp3) is 0.429. The molecule has 1 amide bonds. The van der Waals surface area contributed by atoms with Gasteiger partial charge in [-0.05, 0) is 50.5 Å². The van der Waals surface area contributed by atoms with Crippen LogP contribution in [-0.2, 0) is 11.0 Å². The van der Waals surface area contributed by atoms with Crippen LogP contribution < -0.4 is 9.80 Å². The lowest BCUT2D eigenvalue weighted by Gasteiger charge is -2.35. The quantitative estimate of drug-likeness (QED) is 0.759. The van der Waals surface area contributed by atoms with Crippen molar-refractivity contribution < 1.29 is 18.0 Å². The van der Waals surface area contributed by atoms with Gasteiger partial charge in [-0.1, -0.05) is 18.2 Å². The third kappa shape index (κ3) is 4.29. The third-order valence-corrected chi connectivity index (χ3v) is 5.23. The Labute approximate surface area is 163 Å². The lowest BCUT2D eigenvalue weighted by atomic mass is 9.94. The topological polar surface area (TPSA) is 36.4 Å². The Balaban J connectivity index is 1.64. The molecule has 150 valence electrons. The fourth-order valence-electron chi connectivity index (χ4n) is 3.63. The number of anilines is 2. The summed E-state index contributed by atoms with van der Waals surface area (Å²) >= 11 is 0. The van der Waals surface area contributed by atoms with Crippen LogP contribution in [0.25, 0.3) is 0 Å². The number of aryl methyl sites for hydroxylation is 1. The zero-order valence-electron chi connectivity index (χ0n) is 16.0. The van der Waals surface area contributed by atoms with Gasteiger partial charge in [0, 0.05) is 37.4 Å². The number of carbonyl (C=O) groups is 1. The molecule has 4 nitrogen and oxygen atoms in total. The maximum atomic E-state index is 13.0. The monoisotopic (exact) mass is 391 g/mol. The zero-order chi connectivity index (χ0) is 20.3. The van der Waals surface area contributed by atoms with E-state index in [-0.39, 0.29) is 11.8 Å². The number of rotatable bonds is 4. The van der Waals surface area contributed by atoms with Gasteiger partial charge in [-0.15, -0.1) is 0 Å². The number of nitrogens with zero attached hydrogens (tertiary/aromatic N) is 3. The summed E-state index contributed by atoms with van der Waals surface area (Å²) in [4.78, 5) is 20.8. The zero-order valence-corrected chi connectivity index (χ0v) is 16.0. The number of benzene rings is 1. The molecule has 1 aliphatic rings. The highest BCUT2D eigenvalue weighted by atomic mass is 19.4. The summed E-state index contributed by atoms with van der Waals surface area (Å²) in [5, 5.41) is 0. The second kappa shape index (κ2) is 8.20. The van der Waals surface area contributed by atoms with Gasteiger partial charge < -0.3 is 9.80 Å². The normalized spacial score (nSPS) is 15.5. The SMILES string of the molecule is CCN(C(=O)C1CCN(c2ccc(C(F)(F)F)cn2)CC1)c1ccccc1C. The molecule has 3 rings (SSSR count). The van der Waals surface area contributed by atoms with Crippen molar-refractivity contribution in [1.29, 1.82) is 0 Å². The van der Waals surface area contributed by atoms with E-state index in [4.69, 9.17) is 0 Å². The Kier molecular flexibility index (Phi) is 5.91. The first kappa shape index (κ1) is 20.2. The van der Waals surface area contributed by atoms with E-state index in [2.05, 4.69) is 4.98 Å². The molecule has 2 heterocycles. The molecular formula is C21H24F3N3O. The molecule has 1 fully saturated rings. The standard InChI is InChI=1S/C21H24F3N3O/c1-3-27(18-7-5-4-6-15(18)2)20(28)16-10-12-26(13-11-16)19-9-8-17(14-25-19)21(22,23)24/h4-9,14,16H,3,10-13H2,1-2H3. The molecule has 0 bridgehead atoms. The first-order valence-corrected chi connectivity index (χ1v) is 9.46. The molecule has 2 aromatic rings. The first-order valence-electron chi connectivity index (χ1n) is 9.46. The summed E-state index contributed by atoms with van der Waals surface area (Å²) in [6.07, 6.45) is -2.21. The van der Waals surface area contributed by atoms with Gasteiger partial charge in [-0.3, -0.25) is 4.79 Å². The van der Waals surface area contributed by atoms with Crippen LogP contribution in [0, 0.1) is 12.8 Å². The number of piperidine rings is 1. The number of aromatic nitrogens is 1. The number of alkyl halides is 3. The Hall–Kier alpha value is -2.57. The molecule has 0 radical (unpaired) electrons. The van der Waals surface area contributed by atoms with Crippen molar-refractivity contribution in [2.75, 3.05) is 29.4 Å². The number of para-hydroxylation sites is 1. The van der Waals surface area contributed by atoms with Crippen LogP contribution in [0.2, 0.25) is 0 Å². The summed E-state index contributed by atoms with van der Waals surface area (Å²) in [7, 11) is 0. The van der Waals surface area contributed by atoms with Gasteiger partial charge >= 0.3 is 6.18 Å². The molecule has 0 unspecified atom stereocenters. The van der Waals surface area contributed by atoms with Crippen LogP contribution in [0.5, 0.6) is 0 Å². The molecule has 0 saturated carbocycles. The van der Waals surface area contributed by atoms with E-state index in [1.807, 2.05) is 47.9 Å². The second-order valence-corrected chi connectivity index (χ2v) is 7.03. The van der Waals surface area contributed by atoms with Crippen LogP contribution in [0.4, 0.5) is 24.7 Å². The van der Waals surface area contributed by atoms with Crippen LogP contribution in [0.15, 0.2) is 42.6 Å². The average molecular weight is 391 g/mol. The van der Waals surface area contributed by atoms with Crippen molar-refractivity contribution >= 4 is 17.4 Å². The van der Waals surface area contributed by atoms with E-state index in [9.17, 15) is 18.0 Å². The molecule has 1 aromatic carbocycles. The predicted molar refractivity (Wildman–Crippen MR) is 103 cm³/mol. The van der Waals surface area contributed by atoms with Crippen molar-refractivity contribution in [3.05, 3.63) is 53.7 Å². The Morgan fingerprint density at radius 1 is 1.18 bits per heavy atom. The molecule has 0 atom stereocenters. The largest absolute Gasteiger partial charge is 0.417 e. The predicted octanol–water partition coefficient (Wildman–Crippen LogP) is 4.68. The minimum atomic E-state index is -4.38. The molecule has 7 heteroatoms. The fourth-order valence-corrected chi connectivity index (χ4v) is 3.63. The van der Waals surface area contributed by atoms with Crippen molar-refractivity contribution in [1.82, 2.24) is 4.98 Å². The van der Waals surface area contributed by atoms with E-state index < -0.39 is 11.7 Å². The minimum Gasteiger partial charge on any atom is -0.357 e. The number of amides is 1. The van der Waals surface area contributed by atoms with Gasteiger partial charge in [0.1, 0.15) is 5.82 Å². The molecule has 1 saturated heterocycles. The first-order chi connectivity index (χ1) is 13.3. The minimum absolute atomic E-state index is 0.0924. The van der Waals surface area contributed by atoms with Crippen LogP contribution >= 0.6 is 0 Å². The van der Waals surface area contributed by atoms with Crippen LogP contribution in [-0.4, -0.2) is 30.5 Å². The summed E-state index contributed by atoms with van der Waals surface area (Å²) in [6, 6.07) is 10.3. The molecular weight excluding hydrogens is 367 g/mol. The van der Waals surface area contributed by atoms with Gasteiger partial charge in [0.05, 0.1) is 5.56 Å². The van der Waals surface area contributed by atoms with Gasteiger partial charge in [-0.25, -0.2) is 4.98 Å². The van der Waals surface area contributed by atoms with E-state index in [1.165, 1.54) is 6.07 Å². The molecule has 1 aromatic heterocycles. The van der Waals surface area contributed by atoms with Gasteiger partial charge in [0.25, 0.3) is 0 Å². The highest BCUT2D eigenvalue weighted by Crippen LogP contribution is 2.31. The number of hydrogen-bond acceptors (Lipinski definition) is 3. The maximum absolute atomic E-state index is 13.0. The van der Waals surface area contributed by atoms with E-state index in [1.54, 1.807) is 0 Å². The highest BCUT2D eigenvalue weighted by molar-refractivity contribution is 5.95. The van der Waals surface area contributed by atoms with Crippen molar-refractivity contribution in [2.24, 2.45) is 5.92 Å². The Morgan fingerprint density at radius 2 is 1.86 bits per heavy atom.